The number of hydrogen-bond acceptors (Lipinski definition) is 5. The first-order valence-corrected chi connectivity index (χ1v) is 11.9. The quantitative estimate of drug-likeness (QED) is 0.271. The number of halogens is 1. The van der Waals surface area contributed by atoms with Crippen LogP contribution in [0.4, 0.5) is 4.39 Å². The number of hydrogen-bond donors (Lipinski definition) is 1. The lowest BCUT2D eigenvalue weighted by Gasteiger charge is -2.19. The van der Waals surface area contributed by atoms with Crippen LogP contribution in [-0.2, 0) is 26.2 Å². The van der Waals surface area contributed by atoms with Crippen molar-refractivity contribution in [3.05, 3.63) is 101 Å². The molecule has 190 valence electrons. The normalized spacial score (nSPS) is 12.2. The van der Waals surface area contributed by atoms with E-state index in [1.807, 2.05) is 48.5 Å². The van der Waals surface area contributed by atoms with Crippen LogP contribution in [0.15, 0.2) is 77.3 Å². The molecule has 6 nitrogen and oxygen atoms in total. The molecule has 37 heavy (non-hydrogen) atoms. The summed E-state index contributed by atoms with van der Waals surface area (Å²) in [7, 11) is 0. The van der Waals surface area contributed by atoms with Crippen LogP contribution in [0.1, 0.15) is 49.3 Å². The number of aryl methyl sites for hydroxylation is 1. The Morgan fingerprint density at radius 3 is 2.14 bits per heavy atom. The number of carbonyl (C=O) groups is 2. The maximum Gasteiger partial charge on any atom is 0.313 e. The summed E-state index contributed by atoms with van der Waals surface area (Å²) in [6, 6.07) is 21.2. The van der Waals surface area contributed by atoms with Gasteiger partial charge >= 0.3 is 11.9 Å². The predicted molar refractivity (Wildman–Crippen MR) is 137 cm³/mol. The lowest BCUT2D eigenvalue weighted by Crippen LogP contribution is -2.28. The van der Waals surface area contributed by atoms with Crippen LogP contribution >= 0.6 is 0 Å². The first kappa shape index (κ1) is 25.8. The van der Waals surface area contributed by atoms with Crippen LogP contribution < -0.4 is 0 Å². The maximum atomic E-state index is 14.0. The van der Waals surface area contributed by atoms with E-state index in [1.165, 1.54) is 6.07 Å². The molecule has 1 N–H and O–H groups in total. The fourth-order valence-corrected chi connectivity index (χ4v) is 4.09. The Labute approximate surface area is 214 Å². The number of ether oxygens (including phenoxy) is 1. The summed E-state index contributed by atoms with van der Waals surface area (Å²) in [6.07, 6.45) is -0.796. The third-order valence-corrected chi connectivity index (χ3v) is 6.58. The fourth-order valence-electron chi connectivity index (χ4n) is 4.09. The molecule has 7 heteroatoms. The molecule has 0 spiro atoms. The minimum Gasteiger partial charge on any atom is -0.481 e. The predicted octanol–water partition coefficient (Wildman–Crippen LogP) is 6.67. The van der Waals surface area contributed by atoms with Gasteiger partial charge in [0.15, 0.2) is 5.76 Å². The highest BCUT2D eigenvalue weighted by atomic mass is 19.1. The molecule has 4 aromatic rings. The van der Waals surface area contributed by atoms with Crippen molar-refractivity contribution in [2.75, 3.05) is 0 Å². The van der Waals surface area contributed by atoms with Gasteiger partial charge in [-0.2, -0.15) is 0 Å². The van der Waals surface area contributed by atoms with Gasteiger partial charge in [-0.15, -0.1) is 0 Å². The maximum absolute atomic E-state index is 14.0. The Morgan fingerprint density at radius 1 is 0.973 bits per heavy atom. The molecular formula is C30H28FNO5. The Balaban J connectivity index is 1.50. The standard InChI is InChI=1S/C30H28FNO5/c1-18-25(17-27(33)36-19(2)24-7-5-6-8-26(24)31)28(37-32-18)22-11-9-20(10-12-22)21-13-15-23(16-14-21)30(3,4)29(34)35/h5-16,19H,17H2,1-4H3,(H,34,35). The van der Waals surface area contributed by atoms with Gasteiger partial charge < -0.3 is 14.4 Å². The fraction of sp³-hybridized carbons (Fsp3) is 0.233. The first-order valence-electron chi connectivity index (χ1n) is 11.9. The Bertz CT molecular complexity index is 1420. The smallest absolute Gasteiger partial charge is 0.313 e. The zero-order valence-corrected chi connectivity index (χ0v) is 21.1. The molecule has 1 atom stereocenters. The Morgan fingerprint density at radius 2 is 1.54 bits per heavy atom. The molecule has 0 saturated heterocycles. The van der Waals surface area contributed by atoms with Gasteiger partial charge in [0.05, 0.1) is 17.5 Å². The minimum absolute atomic E-state index is 0.0635. The van der Waals surface area contributed by atoms with Crippen molar-refractivity contribution in [1.82, 2.24) is 5.16 Å². The Kier molecular flexibility index (Phi) is 7.25. The van der Waals surface area contributed by atoms with E-state index in [0.29, 0.717) is 22.6 Å². The highest BCUT2D eigenvalue weighted by Crippen LogP contribution is 2.31. The first-order chi connectivity index (χ1) is 17.6. The van der Waals surface area contributed by atoms with Crippen LogP contribution in [0.25, 0.3) is 22.5 Å². The molecule has 1 heterocycles. The second-order valence-electron chi connectivity index (χ2n) is 9.49. The molecule has 0 amide bonds. The zero-order valence-electron chi connectivity index (χ0n) is 21.1. The molecular weight excluding hydrogens is 473 g/mol. The van der Waals surface area contributed by atoms with Gasteiger partial charge in [0.2, 0.25) is 0 Å². The number of carboxylic acid groups (broad SMARTS) is 1. The lowest BCUT2D eigenvalue weighted by atomic mass is 9.84. The van der Waals surface area contributed by atoms with Crippen molar-refractivity contribution in [2.24, 2.45) is 0 Å². The molecule has 1 unspecified atom stereocenters. The molecule has 0 bridgehead atoms. The van der Waals surface area contributed by atoms with Gasteiger partial charge in [-0.05, 0) is 50.5 Å². The number of rotatable bonds is 8. The molecule has 1 aromatic heterocycles. The summed E-state index contributed by atoms with van der Waals surface area (Å²) in [5, 5.41) is 13.5. The van der Waals surface area contributed by atoms with Gasteiger partial charge in [0.25, 0.3) is 0 Å². The van der Waals surface area contributed by atoms with E-state index in [0.717, 1.165) is 22.3 Å². The number of nitrogens with zero attached hydrogens (tertiary/aromatic N) is 1. The summed E-state index contributed by atoms with van der Waals surface area (Å²) in [6.45, 7) is 6.73. The monoisotopic (exact) mass is 501 g/mol. The molecule has 0 saturated carbocycles. The number of benzene rings is 3. The van der Waals surface area contributed by atoms with Crippen LogP contribution in [0, 0.1) is 12.7 Å². The van der Waals surface area contributed by atoms with Gasteiger partial charge in [-0.1, -0.05) is 71.9 Å². The minimum atomic E-state index is -0.975. The van der Waals surface area contributed by atoms with Crippen molar-refractivity contribution in [3.63, 3.8) is 0 Å². The van der Waals surface area contributed by atoms with Crippen LogP contribution in [0.3, 0.4) is 0 Å². The summed E-state index contributed by atoms with van der Waals surface area (Å²) in [4.78, 5) is 24.2. The lowest BCUT2D eigenvalue weighted by molar-refractivity contribution is -0.148. The summed E-state index contributed by atoms with van der Waals surface area (Å²) < 4.78 is 25.1. The van der Waals surface area contributed by atoms with Gasteiger partial charge in [0.1, 0.15) is 11.9 Å². The molecule has 0 aliphatic rings. The van der Waals surface area contributed by atoms with Crippen LogP contribution in [0.2, 0.25) is 0 Å². The average molecular weight is 502 g/mol. The summed E-state index contributed by atoms with van der Waals surface area (Å²) in [5.74, 6) is -1.35. The number of aromatic nitrogens is 1. The molecule has 3 aromatic carbocycles. The summed E-state index contributed by atoms with van der Waals surface area (Å²) in [5.41, 5.74) is 3.88. The van der Waals surface area contributed by atoms with Crippen molar-refractivity contribution < 1.29 is 28.3 Å². The van der Waals surface area contributed by atoms with Gasteiger partial charge in [-0.25, -0.2) is 4.39 Å². The zero-order chi connectivity index (χ0) is 26.7. The van der Waals surface area contributed by atoms with Crippen LogP contribution in [0.5, 0.6) is 0 Å². The van der Waals surface area contributed by atoms with Crippen molar-refractivity contribution in [3.8, 4) is 22.5 Å². The molecule has 0 aliphatic heterocycles. The van der Waals surface area contributed by atoms with Gasteiger partial charge in [-0.3, -0.25) is 9.59 Å². The highest BCUT2D eigenvalue weighted by molar-refractivity contribution is 5.81. The van der Waals surface area contributed by atoms with E-state index in [1.54, 1.807) is 45.9 Å². The largest absolute Gasteiger partial charge is 0.481 e. The second kappa shape index (κ2) is 10.4. The Hall–Kier alpha value is -4.26. The van der Waals surface area contributed by atoms with Gasteiger partial charge in [0, 0.05) is 16.7 Å². The number of carbonyl (C=O) groups excluding carboxylic acids is 1. The van der Waals surface area contributed by atoms with Crippen molar-refractivity contribution >= 4 is 11.9 Å². The topological polar surface area (TPSA) is 89.6 Å². The van der Waals surface area contributed by atoms with Crippen molar-refractivity contribution in [2.45, 2.75) is 45.6 Å². The number of esters is 1. The summed E-state index contributed by atoms with van der Waals surface area (Å²) >= 11 is 0. The average Bonchev–Trinajstić information content (AvgIpc) is 3.24. The molecule has 0 fully saturated rings. The van der Waals surface area contributed by atoms with E-state index >= 15 is 0 Å². The van der Waals surface area contributed by atoms with E-state index in [9.17, 15) is 19.1 Å². The third kappa shape index (κ3) is 5.45. The SMILES string of the molecule is Cc1noc(-c2ccc(-c3ccc(C(C)(C)C(=O)O)cc3)cc2)c1CC(=O)OC(C)c1ccccc1F. The van der Waals surface area contributed by atoms with E-state index in [-0.39, 0.29) is 6.42 Å². The van der Waals surface area contributed by atoms with Crippen molar-refractivity contribution in [1.29, 1.82) is 0 Å². The van der Waals surface area contributed by atoms with E-state index < -0.39 is 29.3 Å². The van der Waals surface area contributed by atoms with Crippen LogP contribution in [-0.4, -0.2) is 22.2 Å². The molecule has 0 radical (unpaired) electrons. The number of aliphatic carboxylic acids is 1. The molecule has 4 rings (SSSR count). The number of carboxylic acids is 1. The third-order valence-electron chi connectivity index (χ3n) is 6.58. The molecule has 0 aliphatic carbocycles. The second-order valence-corrected chi connectivity index (χ2v) is 9.49. The van der Waals surface area contributed by atoms with E-state index in [2.05, 4.69) is 5.16 Å². The highest BCUT2D eigenvalue weighted by Gasteiger charge is 2.29. The van der Waals surface area contributed by atoms with E-state index in [4.69, 9.17) is 9.26 Å².